The Hall–Kier alpha value is -3.49. The van der Waals surface area contributed by atoms with Gasteiger partial charge in [-0.05, 0) is 24.1 Å². The molecule has 0 radical (unpaired) electrons. The summed E-state index contributed by atoms with van der Waals surface area (Å²) in [6.45, 7) is 2.98. The van der Waals surface area contributed by atoms with Gasteiger partial charge in [-0.25, -0.2) is 13.6 Å². The van der Waals surface area contributed by atoms with Crippen molar-refractivity contribution in [3.8, 4) is 0 Å². The van der Waals surface area contributed by atoms with Crippen molar-refractivity contribution >= 4 is 29.2 Å². The van der Waals surface area contributed by atoms with Gasteiger partial charge >= 0.3 is 6.03 Å². The molecule has 0 aliphatic heterocycles. The molecule has 2 aromatic carbocycles. The van der Waals surface area contributed by atoms with Crippen LogP contribution in [0.1, 0.15) is 30.5 Å². The van der Waals surface area contributed by atoms with Crippen LogP contribution in [0.4, 0.5) is 25.0 Å². The molecule has 0 fully saturated rings. The van der Waals surface area contributed by atoms with Gasteiger partial charge in [0, 0.05) is 13.0 Å². The molecule has 1 atom stereocenters. The van der Waals surface area contributed by atoms with E-state index >= 15 is 0 Å². The minimum absolute atomic E-state index is 0.236. The third-order valence-electron chi connectivity index (χ3n) is 3.91. The van der Waals surface area contributed by atoms with E-state index in [2.05, 4.69) is 16.0 Å². The lowest BCUT2D eigenvalue weighted by Gasteiger charge is -2.20. The molecule has 7 nitrogen and oxygen atoms in total. The van der Waals surface area contributed by atoms with E-state index in [1.165, 1.54) is 6.92 Å². The fourth-order valence-electron chi connectivity index (χ4n) is 2.71. The Morgan fingerprint density at radius 1 is 1.04 bits per heavy atom. The van der Waals surface area contributed by atoms with E-state index in [-0.39, 0.29) is 17.8 Å². The van der Waals surface area contributed by atoms with Gasteiger partial charge in [-0.3, -0.25) is 9.59 Å². The topological polar surface area (TPSA) is 113 Å². The van der Waals surface area contributed by atoms with Gasteiger partial charge < -0.3 is 21.7 Å². The van der Waals surface area contributed by atoms with E-state index in [9.17, 15) is 23.2 Å². The van der Waals surface area contributed by atoms with Crippen molar-refractivity contribution < 1.29 is 23.2 Å². The maximum atomic E-state index is 14.0. The molecular weight excluding hydrogens is 370 g/mol. The van der Waals surface area contributed by atoms with Crippen LogP contribution in [0.25, 0.3) is 0 Å². The van der Waals surface area contributed by atoms with Crippen LogP contribution < -0.4 is 21.7 Å². The molecule has 28 heavy (non-hydrogen) atoms. The van der Waals surface area contributed by atoms with Gasteiger partial charge in [0.2, 0.25) is 11.8 Å². The first-order chi connectivity index (χ1) is 13.2. The molecule has 0 bridgehead atoms. The predicted octanol–water partition coefficient (Wildman–Crippen LogP) is 2.97. The van der Waals surface area contributed by atoms with Crippen molar-refractivity contribution in [1.29, 1.82) is 0 Å². The van der Waals surface area contributed by atoms with Gasteiger partial charge in [-0.2, -0.15) is 0 Å². The van der Waals surface area contributed by atoms with Gasteiger partial charge in [0.15, 0.2) is 0 Å². The Kier molecular flexibility index (Phi) is 6.64. The monoisotopic (exact) mass is 390 g/mol. The summed E-state index contributed by atoms with van der Waals surface area (Å²) in [5.41, 5.74) is 6.12. The minimum Gasteiger partial charge on any atom is -0.352 e. The second-order valence-corrected chi connectivity index (χ2v) is 6.16. The first-order valence-corrected chi connectivity index (χ1v) is 8.35. The lowest BCUT2D eigenvalue weighted by molar-refractivity contribution is -0.116. The van der Waals surface area contributed by atoms with Crippen molar-refractivity contribution in [1.82, 2.24) is 5.32 Å². The molecule has 0 saturated carbocycles. The van der Waals surface area contributed by atoms with Crippen LogP contribution in [0.2, 0.25) is 0 Å². The number of carbonyl (C=O) groups is 3. The van der Waals surface area contributed by atoms with Crippen molar-refractivity contribution in [2.75, 3.05) is 10.6 Å². The lowest BCUT2D eigenvalue weighted by Crippen LogP contribution is -2.35. The molecule has 0 saturated heterocycles. The van der Waals surface area contributed by atoms with Crippen LogP contribution in [0.15, 0.2) is 36.4 Å². The number of nitrogens with two attached hydrogens (primary N) is 1. The number of aryl methyl sites for hydroxylation is 1. The van der Waals surface area contributed by atoms with E-state index in [0.717, 1.165) is 11.6 Å². The fraction of sp³-hybridized carbons (Fsp3) is 0.211. The third kappa shape index (κ3) is 5.50. The highest BCUT2D eigenvalue weighted by atomic mass is 19.1. The Morgan fingerprint density at radius 2 is 1.64 bits per heavy atom. The highest BCUT2D eigenvalue weighted by molar-refractivity contribution is 5.94. The molecule has 0 heterocycles. The van der Waals surface area contributed by atoms with Crippen molar-refractivity contribution in [3.63, 3.8) is 0 Å². The minimum atomic E-state index is -1.00. The number of hydrogen-bond donors (Lipinski definition) is 4. The molecule has 148 valence electrons. The molecule has 1 unspecified atom stereocenters. The lowest BCUT2D eigenvalue weighted by atomic mass is 9.98. The Morgan fingerprint density at radius 3 is 2.21 bits per heavy atom. The Bertz CT molecular complexity index is 918. The number of nitrogens with one attached hydrogen (secondary N) is 3. The summed E-state index contributed by atoms with van der Waals surface area (Å²) in [6.07, 6.45) is -0.236. The zero-order valence-electron chi connectivity index (χ0n) is 15.3. The largest absolute Gasteiger partial charge is 0.352 e. The second kappa shape index (κ2) is 8.94. The smallest absolute Gasteiger partial charge is 0.312 e. The SMILES string of the molecule is CC(=O)Nc1cc(NC(=O)CC(NC(N)=O)c2ccccc2C)c(F)cc1F. The zero-order chi connectivity index (χ0) is 20.8. The summed E-state index contributed by atoms with van der Waals surface area (Å²) in [4.78, 5) is 34.8. The summed E-state index contributed by atoms with van der Waals surface area (Å²) in [5.74, 6) is -3.16. The summed E-state index contributed by atoms with van der Waals surface area (Å²) >= 11 is 0. The van der Waals surface area contributed by atoms with Crippen LogP contribution in [-0.4, -0.2) is 17.8 Å². The number of halogens is 2. The number of urea groups is 1. The first-order valence-electron chi connectivity index (χ1n) is 8.35. The standard InChI is InChI=1S/C19H20F2N4O3/c1-10-5-3-4-6-12(10)15(25-19(22)28)9-18(27)24-17-8-16(23-11(2)26)13(20)7-14(17)21/h3-8,15H,9H2,1-2H3,(H,23,26)(H,24,27)(H3,22,25,28). The maximum absolute atomic E-state index is 14.0. The van der Waals surface area contributed by atoms with E-state index in [4.69, 9.17) is 5.73 Å². The molecule has 0 aliphatic rings. The van der Waals surface area contributed by atoms with Crippen LogP contribution >= 0.6 is 0 Å². The molecule has 4 amide bonds. The molecular formula is C19H20F2N4O3. The highest BCUT2D eigenvalue weighted by Gasteiger charge is 2.20. The number of carbonyl (C=O) groups excluding carboxylic acids is 3. The number of benzene rings is 2. The first kappa shape index (κ1) is 20.8. The number of rotatable bonds is 6. The molecule has 2 aromatic rings. The number of amides is 4. The summed E-state index contributed by atoms with van der Waals surface area (Å²) in [7, 11) is 0. The van der Waals surface area contributed by atoms with Gasteiger partial charge in [-0.15, -0.1) is 0 Å². The molecule has 2 rings (SSSR count). The van der Waals surface area contributed by atoms with Crippen LogP contribution in [0, 0.1) is 18.6 Å². The second-order valence-electron chi connectivity index (χ2n) is 6.16. The van der Waals surface area contributed by atoms with Gasteiger partial charge in [0.1, 0.15) is 11.6 Å². The summed E-state index contributed by atoms with van der Waals surface area (Å²) < 4.78 is 27.7. The quantitative estimate of drug-likeness (QED) is 0.608. The summed E-state index contributed by atoms with van der Waals surface area (Å²) in [6, 6.07) is 7.07. The number of primary amides is 1. The average Bonchev–Trinajstić information content (AvgIpc) is 2.58. The predicted molar refractivity (Wildman–Crippen MR) is 101 cm³/mol. The van der Waals surface area contributed by atoms with Crippen LogP contribution in [0.3, 0.4) is 0 Å². The molecule has 0 aliphatic carbocycles. The van der Waals surface area contributed by atoms with Crippen LogP contribution in [0.5, 0.6) is 0 Å². The van der Waals surface area contributed by atoms with Crippen molar-refractivity contribution in [2.45, 2.75) is 26.3 Å². The van der Waals surface area contributed by atoms with Gasteiger partial charge in [0.25, 0.3) is 0 Å². The molecule has 0 spiro atoms. The molecule has 0 aromatic heterocycles. The number of hydrogen-bond acceptors (Lipinski definition) is 3. The Labute approximate surface area is 160 Å². The van der Waals surface area contributed by atoms with E-state index < -0.39 is 35.5 Å². The third-order valence-corrected chi connectivity index (χ3v) is 3.91. The number of anilines is 2. The van der Waals surface area contributed by atoms with Gasteiger partial charge in [-0.1, -0.05) is 24.3 Å². The van der Waals surface area contributed by atoms with E-state index in [1.807, 2.05) is 13.0 Å². The van der Waals surface area contributed by atoms with Gasteiger partial charge in [0.05, 0.1) is 23.8 Å². The Balaban J connectivity index is 2.22. The highest BCUT2D eigenvalue weighted by Crippen LogP contribution is 2.25. The molecule has 5 N–H and O–H groups in total. The summed E-state index contributed by atoms with van der Waals surface area (Å²) in [5, 5.41) is 7.01. The van der Waals surface area contributed by atoms with E-state index in [1.54, 1.807) is 18.2 Å². The fourth-order valence-corrected chi connectivity index (χ4v) is 2.71. The normalized spacial score (nSPS) is 11.4. The van der Waals surface area contributed by atoms with E-state index in [0.29, 0.717) is 11.6 Å². The van der Waals surface area contributed by atoms with Crippen molar-refractivity contribution in [3.05, 3.63) is 59.2 Å². The van der Waals surface area contributed by atoms with Crippen molar-refractivity contribution in [2.24, 2.45) is 5.73 Å². The average molecular weight is 390 g/mol. The molecule has 9 heteroatoms. The van der Waals surface area contributed by atoms with Crippen LogP contribution in [-0.2, 0) is 9.59 Å². The zero-order valence-corrected chi connectivity index (χ0v) is 15.3. The maximum Gasteiger partial charge on any atom is 0.312 e.